The maximum atomic E-state index is 12.6. The minimum absolute atomic E-state index is 0.0154. The average molecular weight is 442 g/mol. The molecule has 4 rings (SSSR count). The van der Waals surface area contributed by atoms with E-state index >= 15 is 0 Å². The summed E-state index contributed by atoms with van der Waals surface area (Å²) in [5, 5.41) is 6.63. The van der Waals surface area contributed by atoms with E-state index in [1.54, 1.807) is 36.4 Å². The van der Waals surface area contributed by atoms with Gasteiger partial charge < -0.3 is 14.6 Å². The molecule has 0 atom stereocenters. The SMILES string of the molecule is Cc1noc(C)c1COc1ccc(C(=O)Nc2cccc(S(=O)(=O)NC3CC3)c2)cc1. The summed E-state index contributed by atoms with van der Waals surface area (Å²) in [6, 6.07) is 12.9. The topological polar surface area (TPSA) is 111 Å². The quantitative estimate of drug-likeness (QED) is 0.553. The van der Waals surface area contributed by atoms with Gasteiger partial charge in [0.25, 0.3) is 5.91 Å². The zero-order chi connectivity index (χ0) is 22.0. The van der Waals surface area contributed by atoms with Crippen molar-refractivity contribution >= 4 is 21.6 Å². The molecule has 0 aliphatic heterocycles. The highest BCUT2D eigenvalue weighted by Gasteiger charge is 2.28. The lowest BCUT2D eigenvalue weighted by Crippen LogP contribution is -2.25. The van der Waals surface area contributed by atoms with E-state index in [0.717, 1.165) is 24.1 Å². The molecule has 0 spiro atoms. The van der Waals surface area contributed by atoms with Gasteiger partial charge in [-0.25, -0.2) is 13.1 Å². The Balaban J connectivity index is 1.39. The monoisotopic (exact) mass is 441 g/mol. The number of anilines is 1. The minimum Gasteiger partial charge on any atom is -0.489 e. The molecule has 1 amide bonds. The minimum atomic E-state index is -3.59. The Kier molecular flexibility index (Phi) is 5.79. The van der Waals surface area contributed by atoms with Crippen molar-refractivity contribution in [3.05, 3.63) is 71.1 Å². The molecule has 0 radical (unpaired) electrons. The fraction of sp³-hybridized carbons (Fsp3) is 0.273. The lowest BCUT2D eigenvalue weighted by atomic mass is 10.2. The van der Waals surface area contributed by atoms with Gasteiger partial charge in [0.05, 0.1) is 16.2 Å². The number of nitrogens with one attached hydrogen (secondary N) is 2. The van der Waals surface area contributed by atoms with Crippen molar-refractivity contribution in [2.24, 2.45) is 0 Å². The number of nitrogens with zero attached hydrogens (tertiary/aromatic N) is 1. The molecule has 1 fully saturated rings. The molecule has 1 saturated carbocycles. The highest BCUT2D eigenvalue weighted by molar-refractivity contribution is 7.89. The molecule has 3 aromatic rings. The summed E-state index contributed by atoms with van der Waals surface area (Å²) in [6.45, 7) is 4.00. The molecule has 1 aliphatic carbocycles. The predicted molar refractivity (Wildman–Crippen MR) is 114 cm³/mol. The molecule has 31 heavy (non-hydrogen) atoms. The van der Waals surface area contributed by atoms with E-state index in [2.05, 4.69) is 15.2 Å². The first-order chi connectivity index (χ1) is 14.8. The van der Waals surface area contributed by atoms with E-state index in [0.29, 0.717) is 29.4 Å². The summed E-state index contributed by atoms with van der Waals surface area (Å²) in [6.07, 6.45) is 1.71. The van der Waals surface area contributed by atoms with Gasteiger partial charge in [0.2, 0.25) is 10.0 Å². The first-order valence-electron chi connectivity index (χ1n) is 9.90. The Labute approximate surface area is 180 Å². The smallest absolute Gasteiger partial charge is 0.255 e. The van der Waals surface area contributed by atoms with E-state index < -0.39 is 10.0 Å². The number of carbonyl (C=O) groups excluding carboxylic acids is 1. The van der Waals surface area contributed by atoms with Gasteiger partial charge in [-0.1, -0.05) is 11.2 Å². The molecule has 162 valence electrons. The van der Waals surface area contributed by atoms with Crippen LogP contribution in [0.5, 0.6) is 5.75 Å². The van der Waals surface area contributed by atoms with Gasteiger partial charge in [-0.2, -0.15) is 0 Å². The second-order valence-electron chi connectivity index (χ2n) is 7.49. The highest BCUT2D eigenvalue weighted by Crippen LogP contribution is 2.24. The Morgan fingerprint density at radius 1 is 1.16 bits per heavy atom. The predicted octanol–water partition coefficient (Wildman–Crippen LogP) is 3.56. The Morgan fingerprint density at radius 3 is 2.55 bits per heavy atom. The molecule has 8 nitrogen and oxygen atoms in total. The maximum absolute atomic E-state index is 12.6. The summed E-state index contributed by atoms with van der Waals surface area (Å²) in [5.74, 6) is 0.975. The van der Waals surface area contributed by atoms with Crippen molar-refractivity contribution in [1.29, 1.82) is 0 Å². The number of benzene rings is 2. The Hall–Kier alpha value is -3.17. The molecule has 2 N–H and O–H groups in total. The van der Waals surface area contributed by atoms with E-state index in [9.17, 15) is 13.2 Å². The van der Waals surface area contributed by atoms with Crippen LogP contribution in [0.4, 0.5) is 5.69 Å². The fourth-order valence-corrected chi connectivity index (χ4v) is 4.35. The summed E-state index contributed by atoms with van der Waals surface area (Å²) in [7, 11) is -3.59. The van der Waals surface area contributed by atoms with Crippen LogP contribution in [-0.4, -0.2) is 25.5 Å². The average Bonchev–Trinajstić information content (AvgIpc) is 3.50. The fourth-order valence-electron chi connectivity index (χ4n) is 3.00. The lowest BCUT2D eigenvalue weighted by molar-refractivity contribution is 0.102. The van der Waals surface area contributed by atoms with Crippen LogP contribution in [0, 0.1) is 13.8 Å². The molecule has 1 heterocycles. The second-order valence-corrected chi connectivity index (χ2v) is 9.21. The summed E-state index contributed by atoms with van der Waals surface area (Å²) >= 11 is 0. The van der Waals surface area contributed by atoms with Gasteiger partial charge >= 0.3 is 0 Å². The third kappa shape index (κ3) is 5.12. The van der Waals surface area contributed by atoms with E-state index in [1.807, 2.05) is 13.8 Å². The summed E-state index contributed by atoms with van der Waals surface area (Å²) in [4.78, 5) is 12.7. The third-order valence-electron chi connectivity index (χ3n) is 4.98. The third-order valence-corrected chi connectivity index (χ3v) is 6.50. The number of carbonyl (C=O) groups is 1. The van der Waals surface area contributed by atoms with Gasteiger partial charge in [0, 0.05) is 17.3 Å². The van der Waals surface area contributed by atoms with Crippen molar-refractivity contribution in [2.45, 2.75) is 44.2 Å². The number of aryl methyl sites for hydroxylation is 2. The summed E-state index contributed by atoms with van der Waals surface area (Å²) < 4.78 is 38.2. The molecule has 0 unspecified atom stereocenters. The summed E-state index contributed by atoms with van der Waals surface area (Å²) in [5.41, 5.74) is 2.51. The van der Waals surface area contributed by atoms with Crippen molar-refractivity contribution in [3.8, 4) is 5.75 Å². The van der Waals surface area contributed by atoms with Crippen LogP contribution in [-0.2, 0) is 16.6 Å². The number of ether oxygens (including phenoxy) is 1. The standard InChI is InChI=1S/C22H23N3O5S/c1-14-21(15(2)30-24-14)13-29-19-10-6-16(7-11-19)22(26)23-18-4-3-5-20(12-18)31(27,28)25-17-8-9-17/h3-7,10-12,17,25H,8-9,13H2,1-2H3,(H,23,26). The normalized spacial score (nSPS) is 13.7. The van der Waals surface area contributed by atoms with Gasteiger partial charge in [0.1, 0.15) is 18.1 Å². The number of amides is 1. The van der Waals surface area contributed by atoms with Crippen LogP contribution >= 0.6 is 0 Å². The molecular formula is C22H23N3O5S. The molecule has 2 aromatic carbocycles. The van der Waals surface area contributed by atoms with Gasteiger partial charge in [0.15, 0.2) is 0 Å². The number of sulfonamides is 1. The van der Waals surface area contributed by atoms with Crippen LogP contribution < -0.4 is 14.8 Å². The molecular weight excluding hydrogens is 418 g/mol. The largest absolute Gasteiger partial charge is 0.489 e. The van der Waals surface area contributed by atoms with Crippen LogP contribution in [0.3, 0.4) is 0 Å². The van der Waals surface area contributed by atoms with Crippen LogP contribution in [0.25, 0.3) is 0 Å². The van der Waals surface area contributed by atoms with Crippen molar-refractivity contribution < 1.29 is 22.5 Å². The van der Waals surface area contributed by atoms with E-state index in [4.69, 9.17) is 9.26 Å². The lowest BCUT2D eigenvalue weighted by Gasteiger charge is -2.10. The second kappa shape index (κ2) is 8.52. The molecule has 1 aromatic heterocycles. The van der Waals surface area contributed by atoms with Crippen molar-refractivity contribution in [3.63, 3.8) is 0 Å². The van der Waals surface area contributed by atoms with Crippen molar-refractivity contribution in [2.75, 3.05) is 5.32 Å². The van der Waals surface area contributed by atoms with Crippen LogP contribution in [0.2, 0.25) is 0 Å². The first kappa shape index (κ1) is 21.1. The molecule has 9 heteroatoms. The number of hydrogen-bond acceptors (Lipinski definition) is 6. The number of hydrogen-bond donors (Lipinski definition) is 2. The zero-order valence-electron chi connectivity index (χ0n) is 17.2. The van der Waals surface area contributed by atoms with Gasteiger partial charge in [-0.05, 0) is 69.2 Å². The Bertz CT molecular complexity index is 1180. The first-order valence-corrected chi connectivity index (χ1v) is 11.4. The molecule has 0 bridgehead atoms. The van der Waals surface area contributed by atoms with Gasteiger partial charge in [-0.15, -0.1) is 0 Å². The molecule has 0 saturated heterocycles. The van der Waals surface area contributed by atoms with Crippen molar-refractivity contribution in [1.82, 2.24) is 9.88 Å². The van der Waals surface area contributed by atoms with Crippen LogP contribution in [0.15, 0.2) is 57.9 Å². The Morgan fingerprint density at radius 2 is 1.90 bits per heavy atom. The highest BCUT2D eigenvalue weighted by atomic mass is 32.2. The zero-order valence-corrected chi connectivity index (χ0v) is 18.0. The van der Waals surface area contributed by atoms with Gasteiger partial charge in [-0.3, -0.25) is 4.79 Å². The molecule has 1 aliphatic rings. The van der Waals surface area contributed by atoms with E-state index in [1.165, 1.54) is 12.1 Å². The maximum Gasteiger partial charge on any atom is 0.255 e. The van der Waals surface area contributed by atoms with E-state index in [-0.39, 0.29) is 16.8 Å². The van der Waals surface area contributed by atoms with Crippen LogP contribution in [0.1, 0.15) is 40.2 Å². The number of rotatable bonds is 8. The number of aromatic nitrogens is 1.